The van der Waals surface area contributed by atoms with Crippen molar-refractivity contribution in [3.63, 3.8) is 0 Å². The lowest BCUT2D eigenvalue weighted by molar-refractivity contribution is 0.704. The van der Waals surface area contributed by atoms with Crippen LogP contribution in [0.3, 0.4) is 0 Å². The van der Waals surface area contributed by atoms with Crippen LogP contribution in [0.25, 0.3) is 0 Å². The number of nitriles is 1. The van der Waals surface area contributed by atoms with Gasteiger partial charge in [-0.1, -0.05) is 36.4 Å². The quantitative estimate of drug-likeness (QED) is 0.727. The molecule has 5 nitrogen and oxygen atoms in total. The summed E-state index contributed by atoms with van der Waals surface area (Å²) in [5.41, 5.74) is 1.65. The predicted octanol–water partition coefficient (Wildman–Crippen LogP) is 2.83. The van der Waals surface area contributed by atoms with E-state index >= 15 is 0 Å². The topological polar surface area (TPSA) is 57.7 Å². The molecule has 1 aromatic carbocycles. The lowest BCUT2D eigenvalue weighted by atomic mass is 10.2. The Morgan fingerprint density at radius 3 is 2.74 bits per heavy atom. The lowest BCUT2D eigenvalue weighted by Crippen LogP contribution is -2.21. The Morgan fingerprint density at radius 1 is 1.13 bits per heavy atom. The first-order valence-electron chi connectivity index (χ1n) is 7.38. The highest BCUT2D eigenvalue weighted by Gasteiger charge is 2.09. The van der Waals surface area contributed by atoms with Gasteiger partial charge in [-0.05, 0) is 17.7 Å². The molecule has 5 heteroatoms. The van der Waals surface area contributed by atoms with Gasteiger partial charge < -0.3 is 9.47 Å². The molecular formula is C18H17N5. The zero-order valence-electron chi connectivity index (χ0n) is 12.9. The highest BCUT2D eigenvalue weighted by Crippen LogP contribution is 2.13. The Kier molecular flexibility index (Phi) is 4.34. The third-order valence-corrected chi connectivity index (χ3v) is 3.62. The number of hydrogen-bond acceptors (Lipinski definition) is 4. The molecule has 0 aliphatic heterocycles. The number of rotatable bonds is 5. The van der Waals surface area contributed by atoms with E-state index in [1.54, 1.807) is 6.07 Å². The molecule has 0 spiro atoms. The van der Waals surface area contributed by atoms with Gasteiger partial charge in [0, 0.05) is 26.0 Å². The second-order valence-corrected chi connectivity index (χ2v) is 5.31. The Balaban J connectivity index is 1.76. The van der Waals surface area contributed by atoms with E-state index in [0.29, 0.717) is 12.2 Å². The molecule has 0 saturated heterocycles. The van der Waals surface area contributed by atoms with Crippen LogP contribution in [0.15, 0.2) is 60.9 Å². The summed E-state index contributed by atoms with van der Waals surface area (Å²) in [5.74, 6) is 1.72. The number of hydrogen-bond donors (Lipinski definition) is 0. The highest BCUT2D eigenvalue weighted by atomic mass is 15.2. The normalized spacial score (nSPS) is 10.3. The molecule has 2 heterocycles. The molecule has 0 bridgehead atoms. The van der Waals surface area contributed by atoms with E-state index in [0.717, 1.165) is 18.2 Å². The molecule has 0 atom stereocenters. The highest BCUT2D eigenvalue weighted by molar-refractivity contribution is 5.40. The van der Waals surface area contributed by atoms with E-state index in [9.17, 15) is 0 Å². The summed E-state index contributed by atoms with van der Waals surface area (Å²) >= 11 is 0. The van der Waals surface area contributed by atoms with Crippen molar-refractivity contribution in [1.29, 1.82) is 5.26 Å². The summed E-state index contributed by atoms with van der Waals surface area (Å²) in [6.45, 7) is 1.41. The zero-order valence-corrected chi connectivity index (χ0v) is 12.9. The summed E-state index contributed by atoms with van der Waals surface area (Å²) in [5, 5.41) is 8.96. The monoisotopic (exact) mass is 303 g/mol. The van der Waals surface area contributed by atoms with E-state index in [2.05, 4.69) is 32.7 Å². The maximum absolute atomic E-state index is 8.96. The third-order valence-electron chi connectivity index (χ3n) is 3.62. The SMILES string of the molecule is CN(Cc1nccn1Cc1ccccc1)c1cccc(C#N)n1. The fourth-order valence-electron chi connectivity index (χ4n) is 2.41. The molecule has 23 heavy (non-hydrogen) atoms. The molecule has 0 unspecified atom stereocenters. The average molecular weight is 303 g/mol. The van der Waals surface area contributed by atoms with Crippen LogP contribution in [0.4, 0.5) is 5.82 Å². The van der Waals surface area contributed by atoms with Gasteiger partial charge >= 0.3 is 0 Å². The molecule has 0 amide bonds. The van der Waals surface area contributed by atoms with Gasteiger partial charge in [0.15, 0.2) is 0 Å². The molecular weight excluding hydrogens is 286 g/mol. The second-order valence-electron chi connectivity index (χ2n) is 5.31. The molecule has 0 fully saturated rings. The van der Waals surface area contributed by atoms with Crippen molar-refractivity contribution in [3.8, 4) is 6.07 Å². The molecule has 114 valence electrons. The standard InChI is InChI=1S/C18H17N5/c1-22(17-9-5-8-16(12-19)21-17)14-18-20-10-11-23(18)13-15-6-3-2-4-7-15/h2-11H,13-14H2,1H3. The largest absolute Gasteiger partial charge is 0.352 e. The number of anilines is 1. The van der Waals surface area contributed by atoms with Gasteiger partial charge in [0.25, 0.3) is 0 Å². The zero-order chi connectivity index (χ0) is 16.1. The summed E-state index contributed by atoms with van der Waals surface area (Å²) in [7, 11) is 1.95. The first-order chi connectivity index (χ1) is 11.3. The van der Waals surface area contributed by atoms with Crippen LogP contribution in [0, 0.1) is 11.3 Å². The summed E-state index contributed by atoms with van der Waals surface area (Å²) in [6.07, 6.45) is 3.79. The molecule has 0 radical (unpaired) electrons. The Labute approximate surface area is 135 Å². The number of aromatic nitrogens is 3. The van der Waals surface area contributed by atoms with Gasteiger partial charge in [0.1, 0.15) is 23.4 Å². The molecule has 0 aliphatic rings. The van der Waals surface area contributed by atoms with Crippen LogP contribution in [0.2, 0.25) is 0 Å². The smallest absolute Gasteiger partial charge is 0.142 e. The van der Waals surface area contributed by atoms with Crippen molar-refractivity contribution in [2.75, 3.05) is 11.9 Å². The number of benzene rings is 1. The second kappa shape index (κ2) is 6.75. The first kappa shape index (κ1) is 14.8. The Hall–Kier alpha value is -3.13. The molecule has 2 aromatic heterocycles. The van der Waals surface area contributed by atoms with Gasteiger partial charge in [0.2, 0.25) is 0 Å². The molecule has 0 aliphatic carbocycles. The Morgan fingerprint density at radius 2 is 1.96 bits per heavy atom. The lowest BCUT2D eigenvalue weighted by Gasteiger charge is -2.18. The van der Waals surface area contributed by atoms with E-state index in [4.69, 9.17) is 5.26 Å². The van der Waals surface area contributed by atoms with Crippen molar-refractivity contribution in [3.05, 3.63) is 78.0 Å². The van der Waals surface area contributed by atoms with E-state index in [1.165, 1.54) is 5.56 Å². The van der Waals surface area contributed by atoms with Crippen LogP contribution in [-0.4, -0.2) is 21.6 Å². The maximum Gasteiger partial charge on any atom is 0.142 e. The van der Waals surface area contributed by atoms with Gasteiger partial charge in [-0.2, -0.15) is 5.26 Å². The minimum Gasteiger partial charge on any atom is -0.352 e. The minimum absolute atomic E-state index is 0.418. The molecule has 0 saturated carbocycles. The van der Waals surface area contributed by atoms with Crippen LogP contribution >= 0.6 is 0 Å². The number of pyridine rings is 1. The van der Waals surface area contributed by atoms with Crippen molar-refractivity contribution < 1.29 is 0 Å². The molecule has 3 aromatic rings. The number of nitrogens with zero attached hydrogens (tertiary/aromatic N) is 5. The summed E-state index contributed by atoms with van der Waals surface area (Å²) in [6, 6.07) is 17.8. The molecule has 3 rings (SSSR count). The fraction of sp³-hybridized carbons (Fsp3) is 0.167. The van der Waals surface area contributed by atoms with E-state index < -0.39 is 0 Å². The average Bonchev–Trinajstić information content (AvgIpc) is 3.02. The fourth-order valence-corrected chi connectivity index (χ4v) is 2.41. The summed E-state index contributed by atoms with van der Waals surface area (Å²) in [4.78, 5) is 10.8. The third kappa shape index (κ3) is 3.55. The van der Waals surface area contributed by atoms with Crippen LogP contribution in [0.5, 0.6) is 0 Å². The van der Waals surface area contributed by atoms with Gasteiger partial charge in [0.05, 0.1) is 6.54 Å². The Bertz CT molecular complexity index is 817. The van der Waals surface area contributed by atoms with Crippen molar-refractivity contribution in [2.24, 2.45) is 0 Å². The van der Waals surface area contributed by atoms with Gasteiger partial charge in [-0.25, -0.2) is 9.97 Å². The van der Waals surface area contributed by atoms with Crippen LogP contribution in [-0.2, 0) is 13.1 Å². The van der Waals surface area contributed by atoms with Crippen molar-refractivity contribution in [2.45, 2.75) is 13.1 Å². The maximum atomic E-state index is 8.96. The van der Waals surface area contributed by atoms with Crippen LogP contribution < -0.4 is 4.90 Å². The van der Waals surface area contributed by atoms with Gasteiger partial charge in [-0.3, -0.25) is 0 Å². The minimum atomic E-state index is 0.418. The van der Waals surface area contributed by atoms with Crippen molar-refractivity contribution >= 4 is 5.82 Å². The van der Waals surface area contributed by atoms with Gasteiger partial charge in [-0.15, -0.1) is 0 Å². The van der Waals surface area contributed by atoms with Crippen molar-refractivity contribution in [1.82, 2.24) is 14.5 Å². The predicted molar refractivity (Wildman–Crippen MR) is 88.8 cm³/mol. The molecule has 0 N–H and O–H groups in total. The van der Waals surface area contributed by atoms with Crippen LogP contribution in [0.1, 0.15) is 17.1 Å². The summed E-state index contributed by atoms with van der Waals surface area (Å²) < 4.78 is 2.12. The number of imidazole rings is 1. The van der Waals surface area contributed by atoms with E-state index in [-0.39, 0.29) is 0 Å². The van der Waals surface area contributed by atoms with E-state index in [1.807, 2.05) is 54.7 Å². The first-order valence-corrected chi connectivity index (χ1v) is 7.38.